The van der Waals surface area contributed by atoms with Gasteiger partial charge < -0.3 is 15.2 Å². The maximum atomic E-state index is 11.7. The lowest BCUT2D eigenvalue weighted by Crippen LogP contribution is -2.28. The number of nitro benzene ring substituents is 1. The van der Waals surface area contributed by atoms with Gasteiger partial charge in [-0.1, -0.05) is 11.6 Å². The number of hydrogen-bond acceptors (Lipinski definition) is 5. The number of carboxylic acid groups (broad SMARTS) is 1. The van der Waals surface area contributed by atoms with Gasteiger partial charge in [0.25, 0.3) is 11.6 Å². The van der Waals surface area contributed by atoms with Gasteiger partial charge in [-0.25, -0.2) is 4.79 Å². The molecule has 0 aliphatic heterocycles. The predicted molar refractivity (Wildman–Crippen MR) is 68.9 cm³/mol. The Bertz CT molecular complexity index is 534. The van der Waals surface area contributed by atoms with Crippen molar-refractivity contribution < 1.29 is 24.4 Å². The van der Waals surface area contributed by atoms with E-state index in [0.717, 1.165) is 6.07 Å². The number of nitro groups is 1. The van der Waals surface area contributed by atoms with Gasteiger partial charge in [-0.2, -0.15) is 0 Å². The molecule has 20 heavy (non-hydrogen) atoms. The van der Waals surface area contributed by atoms with E-state index in [9.17, 15) is 19.7 Å². The van der Waals surface area contributed by atoms with Crippen LogP contribution >= 0.6 is 11.6 Å². The second kappa shape index (κ2) is 7.41. The van der Waals surface area contributed by atoms with Crippen molar-refractivity contribution in [2.45, 2.75) is 0 Å². The molecule has 0 aromatic heterocycles. The minimum atomic E-state index is -1.10. The summed E-state index contributed by atoms with van der Waals surface area (Å²) < 4.78 is 4.73. The number of nitrogens with one attached hydrogen (secondary N) is 1. The zero-order valence-corrected chi connectivity index (χ0v) is 10.9. The fourth-order valence-electron chi connectivity index (χ4n) is 1.29. The fourth-order valence-corrected chi connectivity index (χ4v) is 1.55. The molecule has 0 unspecified atom stereocenters. The van der Waals surface area contributed by atoms with Crippen LogP contribution in [0.25, 0.3) is 0 Å². The molecule has 0 saturated carbocycles. The molecule has 1 aromatic carbocycles. The molecule has 1 rings (SSSR count). The Morgan fingerprint density at radius 3 is 2.70 bits per heavy atom. The molecule has 2 N–H and O–H groups in total. The van der Waals surface area contributed by atoms with Crippen LogP contribution in [0.3, 0.4) is 0 Å². The van der Waals surface area contributed by atoms with Crippen molar-refractivity contribution in [3.63, 3.8) is 0 Å². The summed E-state index contributed by atoms with van der Waals surface area (Å²) in [5.74, 6) is -1.63. The lowest BCUT2D eigenvalue weighted by atomic mass is 10.2. The summed E-state index contributed by atoms with van der Waals surface area (Å²) in [6, 6.07) is 3.49. The third-order valence-electron chi connectivity index (χ3n) is 2.17. The summed E-state index contributed by atoms with van der Waals surface area (Å²) in [5.41, 5.74) is -0.119. The highest BCUT2D eigenvalue weighted by molar-refractivity contribution is 6.34. The smallest absolute Gasteiger partial charge is 0.329 e. The van der Waals surface area contributed by atoms with E-state index in [2.05, 4.69) is 5.32 Å². The number of carboxylic acids is 1. The molecule has 1 amide bonds. The van der Waals surface area contributed by atoms with Gasteiger partial charge in [-0.3, -0.25) is 14.9 Å². The van der Waals surface area contributed by atoms with Crippen LogP contribution in [0.2, 0.25) is 5.02 Å². The average molecular weight is 303 g/mol. The normalized spacial score (nSPS) is 10.1. The third-order valence-corrected chi connectivity index (χ3v) is 2.48. The van der Waals surface area contributed by atoms with Gasteiger partial charge in [-0.05, 0) is 6.07 Å². The second-order valence-corrected chi connectivity index (χ2v) is 4.03. The largest absolute Gasteiger partial charge is 0.480 e. The topological polar surface area (TPSA) is 119 Å². The first kappa shape index (κ1) is 15.9. The van der Waals surface area contributed by atoms with Crippen LogP contribution < -0.4 is 5.32 Å². The van der Waals surface area contributed by atoms with Gasteiger partial charge in [0.1, 0.15) is 6.61 Å². The number of rotatable bonds is 7. The van der Waals surface area contributed by atoms with E-state index in [1.165, 1.54) is 12.1 Å². The van der Waals surface area contributed by atoms with E-state index in [1.54, 1.807) is 0 Å². The molecule has 0 bridgehead atoms. The number of ether oxygens (including phenoxy) is 1. The number of nitrogens with zero attached hydrogens (tertiary/aromatic N) is 1. The molecule has 9 heteroatoms. The van der Waals surface area contributed by atoms with Crippen molar-refractivity contribution >= 4 is 29.2 Å². The van der Waals surface area contributed by atoms with Crippen LogP contribution in [-0.2, 0) is 9.53 Å². The molecule has 0 saturated heterocycles. The summed E-state index contributed by atoms with van der Waals surface area (Å²) in [7, 11) is 0. The zero-order valence-electron chi connectivity index (χ0n) is 10.2. The zero-order chi connectivity index (χ0) is 15.1. The monoisotopic (exact) mass is 302 g/mol. The van der Waals surface area contributed by atoms with E-state index < -0.39 is 23.4 Å². The Kier molecular flexibility index (Phi) is 5.88. The number of aliphatic carboxylic acids is 1. The highest BCUT2D eigenvalue weighted by Crippen LogP contribution is 2.22. The minimum Gasteiger partial charge on any atom is -0.480 e. The molecule has 1 aromatic rings. The molecular formula is C11H11ClN2O6. The van der Waals surface area contributed by atoms with Crippen LogP contribution in [0.15, 0.2) is 18.2 Å². The van der Waals surface area contributed by atoms with Crippen molar-refractivity contribution in [2.24, 2.45) is 0 Å². The Balaban J connectivity index is 2.51. The second-order valence-electron chi connectivity index (χ2n) is 3.62. The lowest BCUT2D eigenvalue weighted by molar-refractivity contribution is -0.384. The molecule has 0 radical (unpaired) electrons. The van der Waals surface area contributed by atoms with Gasteiger partial charge >= 0.3 is 5.97 Å². The SMILES string of the molecule is O=C(O)COCCNC(=O)c1ccc([N+](=O)[O-])cc1Cl. The van der Waals surface area contributed by atoms with Crippen LogP contribution in [0.1, 0.15) is 10.4 Å². The molecule has 0 heterocycles. The number of halogens is 1. The van der Waals surface area contributed by atoms with Crippen LogP contribution in [0.4, 0.5) is 5.69 Å². The number of carbonyl (C=O) groups excluding carboxylic acids is 1. The Morgan fingerprint density at radius 1 is 1.45 bits per heavy atom. The summed E-state index contributed by atoms with van der Waals surface area (Å²) in [6.07, 6.45) is 0. The number of amides is 1. The Labute approximate surface area is 118 Å². The summed E-state index contributed by atoms with van der Waals surface area (Å²) >= 11 is 5.78. The van der Waals surface area contributed by atoms with E-state index in [1.807, 2.05) is 0 Å². The Morgan fingerprint density at radius 2 is 2.15 bits per heavy atom. The van der Waals surface area contributed by atoms with E-state index >= 15 is 0 Å². The van der Waals surface area contributed by atoms with Gasteiger partial charge in [-0.15, -0.1) is 0 Å². The molecule has 0 spiro atoms. The number of benzene rings is 1. The summed E-state index contributed by atoms with van der Waals surface area (Å²) in [5, 5.41) is 21.2. The Hall–Kier alpha value is -2.19. The molecule has 0 fully saturated rings. The van der Waals surface area contributed by atoms with Gasteiger partial charge in [0.05, 0.1) is 22.1 Å². The lowest BCUT2D eigenvalue weighted by Gasteiger charge is -2.06. The average Bonchev–Trinajstić information content (AvgIpc) is 2.37. The maximum absolute atomic E-state index is 11.7. The number of hydrogen-bond donors (Lipinski definition) is 2. The predicted octanol–water partition coefficient (Wildman–Crippen LogP) is 1.08. The van der Waals surface area contributed by atoms with E-state index in [0.29, 0.717) is 0 Å². The summed E-state index contributed by atoms with van der Waals surface area (Å²) in [6.45, 7) is -0.323. The minimum absolute atomic E-state index is 0.0304. The van der Waals surface area contributed by atoms with Crippen LogP contribution in [-0.4, -0.2) is 41.7 Å². The fraction of sp³-hybridized carbons (Fsp3) is 0.273. The van der Waals surface area contributed by atoms with Crippen molar-refractivity contribution in [3.8, 4) is 0 Å². The molecule has 8 nitrogen and oxygen atoms in total. The maximum Gasteiger partial charge on any atom is 0.329 e. The first-order valence-electron chi connectivity index (χ1n) is 5.43. The van der Waals surface area contributed by atoms with Gasteiger partial charge in [0, 0.05) is 18.7 Å². The first-order valence-corrected chi connectivity index (χ1v) is 5.81. The first-order chi connectivity index (χ1) is 9.41. The number of carbonyl (C=O) groups is 2. The van der Waals surface area contributed by atoms with Crippen molar-refractivity contribution in [1.82, 2.24) is 5.32 Å². The van der Waals surface area contributed by atoms with E-state index in [-0.39, 0.29) is 29.4 Å². The molecule has 0 aliphatic rings. The van der Waals surface area contributed by atoms with Crippen molar-refractivity contribution in [2.75, 3.05) is 19.8 Å². The number of non-ortho nitro benzene ring substituents is 1. The molecule has 0 aliphatic carbocycles. The highest BCUT2D eigenvalue weighted by atomic mass is 35.5. The van der Waals surface area contributed by atoms with Crippen molar-refractivity contribution in [3.05, 3.63) is 38.9 Å². The standard InChI is InChI=1S/C11H11ClN2O6/c12-9-5-7(14(18)19)1-2-8(9)11(17)13-3-4-20-6-10(15)16/h1-2,5H,3-4,6H2,(H,13,17)(H,15,16). The van der Waals surface area contributed by atoms with Gasteiger partial charge in [0.15, 0.2) is 0 Å². The molecular weight excluding hydrogens is 292 g/mol. The van der Waals surface area contributed by atoms with Crippen LogP contribution in [0, 0.1) is 10.1 Å². The summed E-state index contributed by atoms with van der Waals surface area (Å²) in [4.78, 5) is 31.8. The third kappa shape index (κ3) is 4.82. The van der Waals surface area contributed by atoms with Crippen LogP contribution in [0.5, 0.6) is 0 Å². The quantitative estimate of drug-likeness (QED) is 0.442. The molecule has 0 atom stereocenters. The van der Waals surface area contributed by atoms with Crippen molar-refractivity contribution in [1.29, 1.82) is 0 Å². The van der Waals surface area contributed by atoms with E-state index in [4.69, 9.17) is 21.4 Å². The molecule has 108 valence electrons. The van der Waals surface area contributed by atoms with Gasteiger partial charge in [0.2, 0.25) is 0 Å². The highest BCUT2D eigenvalue weighted by Gasteiger charge is 2.14.